The van der Waals surface area contributed by atoms with Crippen molar-refractivity contribution in [2.75, 3.05) is 0 Å². The number of aromatic nitrogens is 3. The Balaban J connectivity index is 2.44. The van der Waals surface area contributed by atoms with E-state index in [2.05, 4.69) is 10.1 Å². The van der Waals surface area contributed by atoms with E-state index in [4.69, 9.17) is 5.11 Å². The zero-order chi connectivity index (χ0) is 9.84. The third-order valence-electron chi connectivity index (χ3n) is 2.03. The number of hydrogen-bond acceptors (Lipinski definition) is 3. The lowest BCUT2D eigenvalue weighted by molar-refractivity contribution is -0.141. The first-order valence-corrected chi connectivity index (χ1v) is 4.17. The molecule has 0 radical (unpaired) electrons. The molecular formula is C8H13N3O2. The number of carboxylic acids is 1. The van der Waals surface area contributed by atoms with Gasteiger partial charge in [-0.25, -0.2) is 4.98 Å². The first-order chi connectivity index (χ1) is 6.11. The molecule has 1 aromatic heterocycles. The lowest BCUT2D eigenvalue weighted by Crippen LogP contribution is -2.11. The number of aliphatic carboxylic acids is 1. The van der Waals surface area contributed by atoms with E-state index >= 15 is 0 Å². The van der Waals surface area contributed by atoms with Crippen LogP contribution in [-0.2, 0) is 18.3 Å². The summed E-state index contributed by atoms with van der Waals surface area (Å²) in [7, 11) is 1.80. The molecule has 1 unspecified atom stereocenters. The van der Waals surface area contributed by atoms with Gasteiger partial charge in [0, 0.05) is 13.5 Å². The second-order valence-electron chi connectivity index (χ2n) is 3.08. The van der Waals surface area contributed by atoms with Crippen molar-refractivity contribution in [2.45, 2.75) is 19.8 Å². The standard InChI is InChI=1S/C8H13N3O2/c1-6(8(12)13)3-4-7-9-5-10-11(7)2/h5-6H,3-4H2,1-2H3,(H,12,13). The average Bonchev–Trinajstić information content (AvgIpc) is 2.47. The van der Waals surface area contributed by atoms with E-state index in [1.807, 2.05) is 0 Å². The maximum atomic E-state index is 10.5. The third kappa shape index (κ3) is 2.54. The Hall–Kier alpha value is -1.39. The van der Waals surface area contributed by atoms with Crippen molar-refractivity contribution in [1.82, 2.24) is 14.8 Å². The summed E-state index contributed by atoms with van der Waals surface area (Å²) in [5.74, 6) is -0.257. The molecule has 0 fully saturated rings. The van der Waals surface area contributed by atoms with E-state index in [1.54, 1.807) is 18.7 Å². The van der Waals surface area contributed by atoms with Gasteiger partial charge in [0.2, 0.25) is 0 Å². The maximum absolute atomic E-state index is 10.5. The zero-order valence-electron chi connectivity index (χ0n) is 7.77. The fourth-order valence-corrected chi connectivity index (χ4v) is 1.02. The molecule has 1 N–H and O–H groups in total. The van der Waals surface area contributed by atoms with Crippen molar-refractivity contribution in [3.05, 3.63) is 12.2 Å². The maximum Gasteiger partial charge on any atom is 0.306 e. The SMILES string of the molecule is CC(CCc1ncnn1C)C(=O)O. The molecule has 0 aliphatic rings. The Kier molecular flexibility index (Phi) is 3.00. The summed E-state index contributed by atoms with van der Waals surface area (Å²) >= 11 is 0. The topological polar surface area (TPSA) is 68.0 Å². The summed E-state index contributed by atoms with van der Waals surface area (Å²) in [4.78, 5) is 14.5. The minimum Gasteiger partial charge on any atom is -0.481 e. The number of hydrogen-bond donors (Lipinski definition) is 1. The lowest BCUT2D eigenvalue weighted by Gasteiger charge is -2.04. The minimum atomic E-state index is -0.762. The molecule has 1 rings (SSSR count). The van der Waals surface area contributed by atoms with Crippen molar-refractivity contribution < 1.29 is 9.90 Å². The molecule has 1 heterocycles. The summed E-state index contributed by atoms with van der Waals surface area (Å²) in [6.45, 7) is 1.69. The van der Waals surface area contributed by atoms with E-state index in [1.165, 1.54) is 6.33 Å². The number of rotatable bonds is 4. The minimum absolute atomic E-state index is 0.323. The van der Waals surface area contributed by atoms with Gasteiger partial charge in [-0.1, -0.05) is 6.92 Å². The third-order valence-corrected chi connectivity index (χ3v) is 2.03. The van der Waals surface area contributed by atoms with E-state index < -0.39 is 5.97 Å². The Morgan fingerprint density at radius 3 is 2.92 bits per heavy atom. The highest BCUT2D eigenvalue weighted by atomic mass is 16.4. The van der Waals surface area contributed by atoms with Crippen LogP contribution in [0.3, 0.4) is 0 Å². The van der Waals surface area contributed by atoms with Crippen LogP contribution in [-0.4, -0.2) is 25.8 Å². The highest BCUT2D eigenvalue weighted by Gasteiger charge is 2.11. The molecule has 5 heteroatoms. The molecular weight excluding hydrogens is 170 g/mol. The monoisotopic (exact) mass is 183 g/mol. The molecule has 1 aromatic rings. The summed E-state index contributed by atoms with van der Waals surface area (Å²) in [5, 5.41) is 12.5. The molecule has 0 aliphatic carbocycles. The van der Waals surface area contributed by atoms with Crippen molar-refractivity contribution in [2.24, 2.45) is 13.0 Å². The van der Waals surface area contributed by atoms with Crippen molar-refractivity contribution in [1.29, 1.82) is 0 Å². The molecule has 0 bridgehead atoms. The zero-order valence-corrected chi connectivity index (χ0v) is 7.77. The van der Waals surface area contributed by atoms with Crippen LogP contribution in [0.25, 0.3) is 0 Å². The van der Waals surface area contributed by atoms with Gasteiger partial charge < -0.3 is 5.11 Å². The van der Waals surface area contributed by atoms with Crippen LogP contribution in [0.15, 0.2) is 6.33 Å². The van der Waals surface area contributed by atoms with Crippen LogP contribution in [0.5, 0.6) is 0 Å². The van der Waals surface area contributed by atoms with Gasteiger partial charge in [0.1, 0.15) is 12.2 Å². The van der Waals surface area contributed by atoms with Gasteiger partial charge in [-0.15, -0.1) is 0 Å². The molecule has 0 amide bonds. The van der Waals surface area contributed by atoms with Crippen LogP contribution in [0, 0.1) is 5.92 Å². The van der Waals surface area contributed by atoms with Crippen molar-refractivity contribution >= 4 is 5.97 Å². The Labute approximate surface area is 76.4 Å². The molecule has 0 saturated carbocycles. The highest BCUT2D eigenvalue weighted by molar-refractivity contribution is 5.69. The van der Waals surface area contributed by atoms with Crippen LogP contribution in [0.4, 0.5) is 0 Å². The molecule has 0 saturated heterocycles. The van der Waals surface area contributed by atoms with Gasteiger partial charge in [0.05, 0.1) is 5.92 Å². The molecule has 13 heavy (non-hydrogen) atoms. The Bertz CT molecular complexity index is 295. The second-order valence-corrected chi connectivity index (χ2v) is 3.08. The number of carboxylic acid groups (broad SMARTS) is 1. The fraction of sp³-hybridized carbons (Fsp3) is 0.625. The van der Waals surface area contributed by atoms with Crippen LogP contribution in [0.1, 0.15) is 19.2 Å². The summed E-state index contributed by atoms with van der Waals surface area (Å²) < 4.78 is 1.66. The quantitative estimate of drug-likeness (QED) is 0.736. The fourth-order valence-electron chi connectivity index (χ4n) is 1.02. The van der Waals surface area contributed by atoms with Crippen LogP contribution < -0.4 is 0 Å². The van der Waals surface area contributed by atoms with Gasteiger partial charge in [0.15, 0.2) is 0 Å². The largest absolute Gasteiger partial charge is 0.481 e. The van der Waals surface area contributed by atoms with Gasteiger partial charge in [-0.05, 0) is 6.42 Å². The molecule has 0 aliphatic heterocycles. The number of aryl methyl sites for hydroxylation is 2. The smallest absolute Gasteiger partial charge is 0.306 e. The van der Waals surface area contributed by atoms with Gasteiger partial charge in [0.25, 0.3) is 0 Å². The second kappa shape index (κ2) is 4.02. The molecule has 1 atom stereocenters. The summed E-state index contributed by atoms with van der Waals surface area (Å²) in [5.41, 5.74) is 0. The van der Waals surface area contributed by atoms with E-state index in [-0.39, 0.29) is 5.92 Å². The van der Waals surface area contributed by atoms with E-state index in [0.29, 0.717) is 12.8 Å². The highest BCUT2D eigenvalue weighted by Crippen LogP contribution is 2.06. The molecule has 5 nitrogen and oxygen atoms in total. The first kappa shape index (κ1) is 9.70. The van der Waals surface area contributed by atoms with Crippen LogP contribution >= 0.6 is 0 Å². The predicted molar refractivity (Wildman–Crippen MR) is 46.1 cm³/mol. The van der Waals surface area contributed by atoms with E-state index in [0.717, 1.165) is 5.82 Å². The van der Waals surface area contributed by atoms with Gasteiger partial charge in [-0.3, -0.25) is 9.48 Å². The van der Waals surface area contributed by atoms with Crippen LogP contribution in [0.2, 0.25) is 0 Å². The first-order valence-electron chi connectivity index (χ1n) is 4.17. The molecule has 0 aromatic carbocycles. The molecule has 72 valence electrons. The predicted octanol–water partition coefficient (Wildman–Crippen LogP) is 0.468. The van der Waals surface area contributed by atoms with Gasteiger partial charge >= 0.3 is 5.97 Å². The lowest BCUT2D eigenvalue weighted by atomic mass is 10.1. The summed E-state index contributed by atoms with van der Waals surface area (Å²) in [6, 6.07) is 0. The van der Waals surface area contributed by atoms with Crippen molar-refractivity contribution in [3.8, 4) is 0 Å². The van der Waals surface area contributed by atoms with Crippen molar-refractivity contribution in [3.63, 3.8) is 0 Å². The Morgan fingerprint density at radius 2 is 2.46 bits per heavy atom. The number of carbonyl (C=O) groups is 1. The number of nitrogens with zero attached hydrogens (tertiary/aromatic N) is 3. The average molecular weight is 183 g/mol. The normalized spacial score (nSPS) is 12.8. The van der Waals surface area contributed by atoms with E-state index in [9.17, 15) is 4.79 Å². The molecule has 0 spiro atoms. The van der Waals surface area contributed by atoms with Gasteiger partial charge in [-0.2, -0.15) is 5.10 Å². The summed E-state index contributed by atoms with van der Waals surface area (Å²) in [6.07, 6.45) is 2.73. The Morgan fingerprint density at radius 1 is 1.77 bits per heavy atom.